The molecule has 0 bridgehead atoms. The van der Waals surface area contributed by atoms with Gasteiger partial charge < -0.3 is 14.8 Å². The lowest BCUT2D eigenvalue weighted by Crippen LogP contribution is -2.28. The first kappa shape index (κ1) is 14.8. The Bertz CT molecular complexity index is 660. The summed E-state index contributed by atoms with van der Waals surface area (Å²) in [7, 11) is 0. The molecule has 0 unspecified atom stereocenters. The van der Waals surface area contributed by atoms with Gasteiger partial charge in [-0.3, -0.25) is 4.79 Å². The summed E-state index contributed by atoms with van der Waals surface area (Å²) < 4.78 is 10.6. The Morgan fingerprint density at radius 2 is 1.95 bits per heavy atom. The van der Waals surface area contributed by atoms with Gasteiger partial charge in [0, 0.05) is 4.90 Å². The number of amides is 1. The van der Waals surface area contributed by atoms with Crippen molar-refractivity contribution in [2.45, 2.75) is 17.9 Å². The predicted octanol–water partition coefficient (Wildman–Crippen LogP) is 3.38. The summed E-state index contributed by atoms with van der Waals surface area (Å²) in [6, 6.07) is 15.6. The van der Waals surface area contributed by atoms with E-state index >= 15 is 0 Å². The van der Waals surface area contributed by atoms with E-state index in [1.165, 1.54) is 11.8 Å². The van der Waals surface area contributed by atoms with E-state index in [2.05, 4.69) is 5.32 Å². The van der Waals surface area contributed by atoms with E-state index in [1.54, 1.807) is 0 Å². The molecule has 22 heavy (non-hydrogen) atoms. The maximum Gasteiger partial charge on any atom is 0.231 e. The van der Waals surface area contributed by atoms with Crippen LogP contribution in [0.25, 0.3) is 0 Å². The zero-order valence-electron chi connectivity index (χ0n) is 12.2. The zero-order valence-corrected chi connectivity index (χ0v) is 13.1. The number of hydrogen-bond acceptors (Lipinski definition) is 4. The fourth-order valence-electron chi connectivity index (χ4n) is 2.21. The van der Waals surface area contributed by atoms with Crippen LogP contribution in [0.15, 0.2) is 53.4 Å². The summed E-state index contributed by atoms with van der Waals surface area (Å²) in [4.78, 5) is 13.1. The topological polar surface area (TPSA) is 47.6 Å². The number of carbonyl (C=O) groups excluding carboxylic acids is 1. The lowest BCUT2D eigenvalue weighted by molar-refractivity contribution is -0.119. The van der Waals surface area contributed by atoms with Gasteiger partial charge in [-0.15, -0.1) is 11.8 Å². The summed E-state index contributed by atoms with van der Waals surface area (Å²) in [6.45, 7) is 2.22. The van der Waals surface area contributed by atoms with Crippen LogP contribution in [0, 0.1) is 0 Å². The predicted molar refractivity (Wildman–Crippen MR) is 86.3 cm³/mol. The van der Waals surface area contributed by atoms with E-state index in [0.29, 0.717) is 5.75 Å². The number of benzene rings is 2. The van der Waals surface area contributed by atoms with Gasteiger partial charge in [-0.1, -0.05) is 24.3 Å². The second-order valence-electron chi connectivity index (χ2n) is 5.00. The molecule has 2 aromatic rings. The molecule has 1 heterocycles. The van der Waals surface area contributed by atoms with Crippen LogP contribution >= 0.6 is 11.8 Å². The highest BCUT2D eigenvalue weighted by Crippen LogP contribution is 2.34. The van der Waals surface area contributed by atoms with Crippen LogP contribution in [0.2, 0.25) is 0 Å². The van der Waals surface area contributed by atoms with Crippen molar-refractivity contribution >= 4 is 17.7 Å². The van der Waals surface area contributed by atoms with Gasteiger partial charge in [-0.2, -0.15) is 0 Å². The first-order chi connectivity index (χ1) is 10.7. The molecule has 4 nitrogen and oxygen atoms in total. The monoisotopic (exact) mass is 315 g/mol. The van der Waals surface area contributed by atoms with Crippen molar-refractivity contribution in [3.8, 4) is 11.5 Å². The van der Waals surface area contributed by atoms with E-state index in [1.807, 2.05) is 55.5 Å². The highest BCUT2D eigenvalue weighted by Gasteiger charge is 2.16. The van der Waals surface area contributed by atoms with Gasteiger partial charge in [0.15, 0.2) is 11.5 Å². The van der Waals surface area contributed by atoms with Gasteiger partial charge in [-0.05, 0) is 36.8 Å². The van der Waals surface area contributed by atoms with E-state index in [-0.39, 0.29) is 18.7 Å². The Labute approximate surface area is 133 Å². The van der Waals surface area contributed by atoms with Crippen LogP contribution < -0.4 is 14.8 Å². The fraction of sp³-hybridized carbons (Fsp3) is 0.235. The number of thioether (sulfide) groups is 1. The summed E-state index contributed by atoms with van der Waals surface area (Å²) in [5.41, 5.74) is 1.00. The van der Waals surface area contributed by atoms with Crippen molar-refractivity contribution in [3.63, 3.8) is 0 Å². The molecule has 1 aliphatic rings. The van der Waals surface area contributed by atoms with Crippen molar-refractivity contribution in [2.75, 3.05) is 12.5 Å². The first-order valence-electron chi connectivity index (χ1n) is 7.09. The van der Waals surface area contributed by atoms with Gasteiger partial charge >= 0.3 is 0 Å². The standard InChI is InChI=1S/C17H17NO3S/c1-12(13-7-8-15-16(9-13)21-11-20-15)18-17(19)10-22-14-5-3-2-4-6-14/h2-9,12H,10-11H2,1H3,(H,18,19)/t12-/m1/s1. The molecule has 0 aliphatic carbocycles. The second-order valence-corrected chi connectivity index (χ2v) is 6.05. The van der Waals surface area contributed by atoms with E-state index in [4.69, 9.17) is 9.47 Å². The summed E-state index contributed by atoms with van der Waals surface area (Å²) in [6.07, 6.45) is 0. The number of ether oxygens (including phenoxy) is 2. The average Bonchev–Trinajstić information content (AvgIpc) is 3.01. The number of nitrogens with one attached hydrogen (secondary N) is 1. The molecule has 1 aliphatic heterocycles. The van der Waals surface area contributed by atoms with Crippen LogP contribution in [0.4, 0.5) is 0 Å². The molecule has 1 amide bonds. The summed E-state index contributed by atoms with van der Waals surface area (Å²) in [5.74, 6) is 1.90. The van der Waals surface area contributed by atoms with Crippen molar-refractivity contribution in [1.82, 2.24) is 5.32 Å². The van der Waals surface area contributed by atoms with E-state index in [9.17, 15) is 4.79 Å². The quantitative estimate of drug-likeness (QED) is 0.859. The van der Waals surface area contributed by atoms with Crippen LogP contribution in [0.3, 0.4) is 0 Å². The molecule has 0 radical (unpaired) electrons. The third-order valence-electron chi connectivity index (χ3n) is 3.39. The van der Waals surface area contributed by atoms with Gasteiger partial charge in [0.25, 0.3) is 0 Å². The zero-order chi connectivity index (χ0) is 15.4. The highest BCUT2D eigenvalue weighted by molar-refractivity contribution is 8.00. The van der Waals surface area contributed by atoms with Gasteiger partial charge in [0.05, 0.1) is 11.8 Å². The summed E-state index contributed by atoms with van der Waals surface area (Å²) in [5, 5.41) is 3.00. The van der Waals surface area contributed by atoms with Gasteiger partial charge in [0.1, 0.15) is 0 Å². The Morgan fingerprint density at radius 3 is 2.77 bits per heavy atom. The largest absolute Gasteiger partial charge is 0.454 e. The molecule has 0 aromatic heterocycles. The molecule has 0 saturated carbocycles. The van der Waals surface area contributed by atoms with Crippen molar-refractivity contribution in [2.24, 2.45) is 0 Å². The van der Waals surface area contributed by atoms with Crippen molar-refractivity contribution < 1.29 is 14.3 Å². The average molecular weight is 315 g/mol. The normalized spacial score (nSPS) is 13.7. The van der Waals surface area contributed by atoms with Crippen molar-refractivity contribution in [3.05, 3.63) is 54.1 Å². The Balaban J connectivity index is 1.55. The van der Waals surface area contributed by atoms with Gasteiger partial charge in [0.2, 0.25) is 12.7 Å². The smallest absolute Gasteiger partial charge is 0.231 e. The van der Waals surface area contributed by atoms with Crippen LogP contribution in [0.1, 0.15) is 18.5 Å². The SMILES string of the molecule is C[C@@H](NC(=O)CSc1ccccc1)c1ccc2c(c1)OCO2. The maximum atomic E-state index is 12.0. The molecule has 5 heteroatoms. The first-order valence-corrected chi connectivity index (χ1v) is 8.08. The van der Waals surface area contributed by atoms with Crippen molar-refractivity contribution in [1.29, 1.82) is 0 Å². The molecule has 2 aromatic carbocycles. The molecule has 1 N–H and O–H groups in total. The Hall–Kier alpha value is -2.14. The molecule has 0 fully saturated rings. The number of carbonyl (C=O) groups is 1. The molecule has 1 atom stereocenters. The van der Waals surface area contributed by atoms with Crippen LogP contribution in [-0.2, 0) is 4.79 Å². The fourth-order valence-corrected chi connectivity index (χ4v) is 2.95. The molecule has 114 valence electrons. The molecular formula is C17H17NO3S. The maximum absolute atomic E-state index is 12.0. The van der Waals surface area contributed by atoms with Gasteiger partial charge in [-0.25, -0.2) is 0 Å². The third kappa shape index (κ3) is 3.54. The number of hydrogen-bond donors (Lipinski definition) is 1. The molecule has 0 spiro atoms. The number of rotatable bonds is 5. The third-order valence-corrected chi connectivity index (χ3v) is 4.40. The lowest BCUT2D eigenvalue weighted by atomic mass is 10.1. The lowest BCUT2D eigenvalue weighted by Gasteiger charge is -2.14. The van der Waals surface area contributed by atoms with Crippen LogP contribution in [0.5, 0.6) is 11.5 Å². The highest BCUT2D eigenvalue weighted by atomic mass is 32.2. The van der Waals surface area contributed by atoms with Crippen LogP contribution in [-0.4, -0.2) is 18.5 Å². The molecular weight excluding hydrogens is 298 g/mol. The Kier molecular flexibility index (Phi) is 4.53. The minimum atomic E-state index is -0.0710. The second kappa shape index (κ2) is 6.75. The minimum absolute atomic E-state index is 0.0130. The van der Waals surface area contributed by atoms with E-state index < -0.39 is 0 Å². The number of fused-ring (bicyclic) bond motifs is 1. The Morgan fingerprint density at radius 1 is 1.18 bits per heavy atom. The molecule has 3 rings (SSSR count). The summed E-state index contributed by atoms with van der Waals surface area (Å²) >= 11 is 1.53. The minimum Gasteiger partial charge on any atom is -0.454 e. The molecule has 0 saturated heterocycles. The van der Waals surface area contributed by atoms with E-state index in [0.717, 1.165) is 22.0 Å².